The van der Waals surface area contributed by atoms with Crippen LogP contribution < -0.4 is 49.7 Å². The smallest absolute Gasteiger partial charge is 0.259 e. The average molecular weight is 1380 g/mol. The fourth-order valence-corrected chi connectivity index (χ4v) is 22.2. The van der Waals surface area contributed by atoms with Crippen LogP contribution in [0.2, 0.25) is 0 Å². The molecule has 3 aromatic carbocycles. The molecular formula is C84H122N4O12. The molecule has 16 heteroatoms. The maximum atomic E-state index is 14.3. The van der Waals surface area contributed by atoms with Crippen LogP contribution in [0.25, 0.3) is 0 Å². The lowest BCUT2D eigenvalue weighted by atomic mass is 9.47. The second-order valence-electron chi connectivity index (χ2n) is 33.7. The highest BCUT2D eigenvalue weighted by Crippen LogP contribution is 2.69. The maximum absolute atomic E-state index is 14.3. The molecule has 6 saturated carbocycles. The first-order valence-electron chi connectivity index (χ1n) is 38.5. The standard InChI is InChI=1S/C84H122N4O12/c1-49(2)19-17-21-51(5)61-27-29-63-57-25-23-53-39-55(31-35-81(53,7)65(57)33-37-83(61,63)9)99-47-77(89)85-67-43-75(97-15)69(45-73(67)95-13)87-79(91)59-41-72(94-12)60(42-71(59)93-11)80(92)88-70-46-74(96-14)68(44-76(70)98-16)86-78(90)48-100-56-32-36-82(8)54(40-56)24-26-58-64-30-28-62(52(6)22-18-20-50(3)4)84(64,10)38-34-66(58)82/h23-24,41-46,49-52,55-58,61-66H,17-22,25-40,47-48H2,1-16H3,(H,85,89)(H,86,90)(H,87,91)(H,88,92)/t51-,52-,55+,56+,57+,58+,61-,62-,63+,64+,65+,66+,81+,82+,83-,84-/m1/s1. The van der Waals surface area contributed by atoms with Gasteiger partial charge in [-0.15, -0.1) is 0 Å². The highest BCUT2D eigenvalue weighted by Gasteiger charge is 2.61. The van der Waals surface area contributed by atoms with Crippen molar-refractivity contribution in [2.24, 2.45) is 92.7 Å². The molecule has 0 aliphatic heterocycles. The monoisotopic (exact) mass is 1380 g/mol. The Morgan fingerprint density at radius 1 is 0.420 bits per heavy atom. The third-order valence-electron chi connectivity index (χ3n) is 27.5. The molecule has 4 N–H and O–H groups in total. The summed E-state index contributed by atoms with van der Waals surface area (Å²) >= 11 is 0. The van der Waals surface area contributed by atoms with Gasteiger partial charge in [0.2, 0.25) is 11.8 Å². The topological polar surface area (TPSA) is 190 Å². The number of hydrogen-bond donors (Lipinski definition) is 4. The van der Waals surface area contributed by atoms with E-state index in [9.17, 15) is 19.2 Å². The second kappa shape index (κ2) is 31.4. The van der Waals surface area contributed by atoms with Gasteiger partial charge in [-0.3, -0.25) is 19.2 Å². The minimum Gasteiger partial charge on any atom is -0.496 e. The summed E-state index contributed by atoms with van der Waals surface area (Å²) in [5.41, 5.74) is 5.57. The van der Waals surface area contributed by atoms with E-state index in [2.05, 4.69) is 103 Å². The lowest BCUT2D eigenvalue weighted by Crippen LogP contribution is -2.51. The average Bonchev–Trinajstić information content (AvgIpc) is 1.37. The summed E-state index contributed by atoms with van der Waals surface area (Å²) in [6, 6.07) is 9.16. The van der Waals surface area contributed by atoms with E-state index in [-0.39, 0.29) is 105 Å². The van der Waals surface area contributed by atoms with Gasteiger partial charge in [0, 0.05) is 24.3 Å². The number of ether oxygens (including phenoxy) is 8. The number of hydrogen-bond acceptors (Lipinski definition) is 12. The Kier molecular flexibility index (Phi) is 23.5. The van der Waals surface area contributed by atoms with Crippen LogP contribution in [0.1, 0.15) is 231 Å². The van der Waals surface area contributed by atoms with Crippen LogP contribution >= 0.6 is 0 Å². The van der Waals surface area contributed by atoms with Crippen molar-refractivity contribution >= 4 is 46.4 Å². The van der Waals surface area contributed by atoms with Gasteiger partial charge in [0.05, 0.1) is 88.7 Å². The predicted molar refractivity (Wildman–Crippen MR) is 397 cm³/mol. The lowest BCUT2D eigenvalue weighted by Gasteiger charge is -2.58. The molecule has 3 aromatic rings. The summed E-state index contributed by atoms with van der Waals surface area (Å²) in [6.45, 7) is 24.6. The molecular weight excluding hydrogens is 1260 g/mol. The molecule has 8 aliphatic carbocycles. The Labute approximate surface area is 598 Å². The maximum Gasteiger partial charge on any atom is 0.259 e. The van der Waals surface area contributed by atoms with E-state index < -0.39 is 11.8 Å². The first kappa shape index (κ1) is 74.9. The van der Waals surface area contributed by atoms with Crippen LogP contribution in [0.5, 0.6) is 34.5 Å². The summed E-state index contributed by atoms with van der Waals surface area (Å²) < 4.78 is 47.3. The number of fused-ring (bicyclic) bond motifs is 10. The summed E-state index contributed by atoms with van der Waals surface area (Å²) in [5, 5.41) is 11.7. The van der Waals surface area contributed by atoms with Gasteiger partial charge in [-0.05, 0) is 208 Å². The number of carbonyl (C=O) groups excluding carboxylic acids is 4. The number of benzene rings is 3. The van der Waals surface area contributed by atoms with Crippen LogP contribution in [-0.2, 0) is 19.1 Å². The van der Waals surface area contributed by atoms with Gasteiger partial charge in [-0.25, -0.2) is 0 Å². The first-order valence-corrected chi connectivity index (χ1v) is 38.5. The minimum atomic E-state index is -0.608. The number of carbonyl (C=O) groups is 4. The van der Waals surface area contributed by atoms with E-state index in [1.165, 1.54) is 156 Å². The Morgan fingerprint density at radius 3 is 1.11 bits per heavy atom. The second-order valence-corrected chi connectivity index (χ2v) is 33.7. The van der Waals surface area contributed by atoms with Crippen molar-refractivity contribution in [2.75, 3.05) is 77.1 Å². The molecule has 0 spiro atoms. The third-order valence-corrected chi connectivity index (χ3v) is 27.5. The van der Waals surface area contributed by atoms with Crippen molar-refractivity contribution in [1.29, 1.82) is 0 Å². The zero-order valence-corrected chi connectivity index (χ0v) is 63.6. The Balaban J connectivity index is 0.670. The van der Waals surface area contributed by atoms with E-state index in [1.54, 1.807) is 24.3 Å². The summed E-state index contributed by atoms with van der Waals surface area (Å²) in [4.78, 5) is 56.0. The fourth-order valence-electron chi connectivity index (χ4n) is 22.2. The van der Waals surface area contributed by atoms with Crippen LogP contribution in [0.3, 0.4) is 0 Å². The zero-order valence-electron chi connectivity index (χ0n) is 63.6. The number of allylic oxidation sites excluding steroid dienone is 2. The molecule has 16 atom stereocenters. The number of nitrogens with one attached hydrogen (secondary N) is 4. The molecule has 6 fully saturated rings. The van der Waals surface area contributed by atoms with Gasteiger partial charge in [0.15, 0.2) is 0 Å². The van der Waals surface area contributed by atoms with Crippen molar-refractivity contribution in [3.05, 3.63) is 70.8 Å². The number of rotatable bonds is 28. The highest BCUT2D eigenvalue weighted by atomic mass is 16.5. The van der Waals surface area contributed by atoms with Crippen molar-refractivity contribution in [1.82, 2.24) is 0 Å². The molecule has 8 aliphatic rings. The van der Waals surface area contributed by atoms with Crippen molar-refractivity contribution in [3.63, 3.8) is 0 Å². The Morgan fingerprint density at radius 2 is 0.770 bits per heavy atom. The van der Waals surface area contributed by atoms with E-state index in [0.29, 0.717) is 34.0 Å². The van der Waals surface area contributed by atoms with E-state index in [0.717, 1.165) is 111 Å². The normalized spacial score (nSPS) is 30.9. The zero-order chi connectivity index (χ0) is 71.6. The summed E-state index contributed by atoms with van der Waals surface area (Å²) in [7, 11) is 8.69. The molecule has 0 bridgehead atoms. The van der Waals surface area contributed by atoms with Gasteiger partial charge >= 0.3 is 0 Å². The minimum absolute atomic E-state index is 0.0514. The molecule has 0 aromatic heterocycles. The molecule has 11 rings (SSSR count). The van der Waals surface area contributed by atoms with E-state index in [4.69, 9.17) is 37.9 Å². The largest absolute Gasteiger partial charge is 0.496 e. The highest BCUT2D eigenvalue weighted by molar-refractivity contribution is 6.12. The van der Waals surface area contributed by atoms with Crippen LogP contribution in [0, 0.1) is 92.7 Å². The van der Waals surface area contributed by atoms with Gasteiger partial charge < -0.3 is 59.2 Å². The molecule has 550 valence electrons. The summed E-state index contributed by atoms with van der Waals surface area (Å²) in [6.07, 6.45) is 32.0. The molecule has 0 radical (unpaired) electrons. The Bertz CT molecular complexity index is 3280. The molecule has 0 saturated heterocycles. The number of amides is 4. The predicted octanol–water partition coefficient (Wildman–Crippen LogP) is 19.0. The number of methoxy groups -OCH3 is 6. The number of anilines is 4. The van der Waals surface area contributed by atoms with Crippen LogP contribution in [-0.4, -0.2) is 91.7 Å². The van der Waals surface area contributed by atoms with E-state index in [1.807, 2.05) is 0 Å². The van der Waals surface area contributed by atoms with E-state index >= 15 is 0 Å². The third kappa shape index (κ3) is 15.1. The molecule has 0 unspecified atom stereocenters. The first-order chi connectivity index (χ1) is 47.8. The molecule has 4 amide bonds. The lowest BCUT2D eigenvalue weighted by molar-refractivity contribution is -0.124. The molecule has 100 heavy (non-hydrogen) atoms. The SMILES string of the molecule is COc1cc(NC(=O)c2cc(OC)c(C(=O)Nc3cc(OC)c(NC(=O)CO[C@H]4CC[C@@]5(C)C(=CC[C@H]6[C@@H]7CC[C@H]([C@H](C)CCCC(C)C)[C@@]7(C)CC[C@@H]65)C4)cc3OC)cc2OC)c(OC)cc1NC(=O)CO[C@H]1CC[C@@]2(C)C(=CC[C@H]3[C@@H]4CC[C@H]([C@H](C)CCCC(C)C)[C@@]4(C)CC[C@@H]32)C1. The van der Waals surface area contributed by atoms with Gasteiger partial charge in [-0.1, -0.05) is 131 Å². The molecule has 16 nitrogen and oxygen atoms in total. The van der Waals surface area contributed by atoms with Crippen LogP contribution in [0.4, 0.5) is 22.7 Å². The van der Waals surface area contributed by atoms with Gasteiger partial charge in [-0.2, -0.15) is 0 Å². The fraction of sp³-hybridized carbons (Fsp3) is 0.690. The molecule has 0 heterocycles. The van der Waals surface area contributed by atoms with Gasteiger partial charge in [0.25, 0.3) is 11.8 Å². The van der Waals surface area contributed by atoms with Crippen molar-refractivity contribution in [2.45, 2.75) is 223 Å². The van der Waals surface area contributed by atoms with Crippen molar-refractivity contribution < 1.29 is 57.1 Å². The van der Waals surface area contributed by atoms with Gasteiger partial charge in [0.1, 0.15) is 47.7 Å². The van der Waals surface area contributed by atoms with Crippen molar-refractivity contribution in [3.8, 4) is 34.5 Å². The summed E-state index contributed by atoms with van der Waals surface area (Å²) in [5.74, 6) is 8.64. The van der Waals surface area contributed by atoms with Crippen LogP contribution in [0.15, 0.2) is 59.7 Å². The quantitative estimate of drug-likeness (QED) is 0.0504. The Hall–Kier alpha value is -6.26.